The van der Waals surface area contributed by atoms with Crippen LogP contribution in [-0.2, 0) is 14.3 Å². The van der Waals surface area contributed by atoms with Gasteiger partial charge in [0.15, 0.2) is 0 Å². The van der Waals surface area contributed by atoms with Crippen LogP contribution >= 0.6 is 0 Å². The van der Waals surface area contributed by atoms with Gasteiger partial charge in [-0.25, -0.2) is 9.59 Å². The monoisotopic (exact) mass is 414 g/mol. The van der Waals surface area contributed by atoms with Crippen molar-refractivity contribution in [2.45, 2.75) is 12.8 Å². The fourth-order valence-corrected chi connectivity index (χ4v) is 4.15. The smallest absolute Gasteiger partial charge is 0.337 e. The number of aromatic nitrogens is 1. The first-order valence-electron chi connectivity index (χ1n) is 9.76. The van der Waals surface area contributed by atoms with Gasteiger partial charge in [0.1, 0.15) is 18.1 Å². The topological polar surface area (TPSA) is 97.8 Å². The number of carbonyl (C=O) groups is 2. The number of aliphatic carboxylic acids is 1. The maximum atomic E-state index is 12.5. The van der Waals surface area contributed by atoms with Crippen LogP contribution in [0.15, 0.2) is 83.3 Å². The lowest BCUT2D eigenvalue weighted by molar-refractivity contribution is -0.136. The number of hydrogen-bond donors (Lipinski definition) is 2. The average Bonchev–Trinajstić information content (AvgIpc) is 3.13. The van der Waals surface area contributed by atoms with E-state index in [4.69, 9.17) is 9.47 Å². The van der Waals surface area contributed by atoms with E-state index in [2.05, 4.69) is 10.3 Å². The summed E-state index contributed by atoms with van der Waals surface area (Å²) in [5.74, 6) is -1.21. The summed E-state index contributed by atoms with van der Waals surface area (Å²) >= 11 is 0. The number of nitrogens with one attached hydrogen (secondary N) is 1. The van der Waals surface area contributed by atoms with Crippen LogP contribution in [0.2, 0.25) is 0 Å². The van der Waals surface area contributed by atoms with Gasteiger partial charge in [0.05, 0.1) is 34.5 Å². The summed E-state index contributed by atoms with van der Waals surface area (Å²) in [4.78, 5) is 29.2. The second kappa shape index (κ2) is 7.28. The maximum absolute atomic E-state index is 12.5. The van der Waals surface area contributed by atoms with Crippen molar-refractivity contribution in [2.24, 2.45) is 0 Å². The third kappa shape index (κ3) is 3.20. The molecule has 0 amide bonds. The molecule has 0 bridgehead atoms. The molecule has 0 saturated carbocycles. The van der Waals surface area contributed by atoms with Gasteiger partial charge in [-0.15, -0.1) is 0 Å². The fourth-order valence-electron chi connectivity index (χ4n) is 4.15. The first kappa shape index (κ1) is 18.9. The molecule has 1 unspecified atom stereocenters. The summed E-state index contributed by atoms with van der Waals surface area (Å²) in [5, 5.41) is 13.7. The van der Waals surface area contributed by atoms with Crippen molar-refractivity contribution >= 4 is 22.8 Å². The molecule has 3 heterocycles. The predicted molar refractivity (Wildman–Crippen MR) is 112 cm³/mol. The standard InChI is InChI=1S/C24H18N2O5/c1-13-20(23(27)28)21(22-19(26-13)12-30-24(22)29)16-8-5-9-18-17(16)10-15(11-25-18)31-14-6-3-2-4-7-14/h2-11,21,26H,12H2,1H3,(H,27,28). The highest BCUT2D eigenvalue weighted by Gasteiger charge is 2.41. The van der Waals surface area contributed by atoms with Gasteiger partial charge >= 0.3 is 11.9 Å². The number of rotatable bonds is 4. The van der Waals surface area contributed by atoms with Crippen LogP contribution in [0.5, 0.6) is 11.5 Å². The lowest BCUT2D eigenvalue weighted by Gasteiger charge is -2.27. The second-order valence-corrected chi connectivity index (χ2v) is 7.37. The molecule has 1 atom stereocenters. The molecule has 0 saturated heterocycles. The molecule has 1 aromatic heterocycles. The number of benzene rings is 2. The zero-order chi connectivity index (χ0) is 21.5. The Morgan fingerprint density at radius 3 is 2.74 bits per heavy atom. The van der Waals surface area contributed by atoms with Crippen LogP contribution in [-0.4, -0.2) is 28.6 Å². The number of allylic oxidation sites excluding steroid dienone is 1. The molecule has 31 heavy (non-hydrogen) atoms. The van der Waals surface area contributed by atoms with E-state index in [1.807, 2.05) is 48.5 Å². The van der Waals surface area contributed by atoms with Gasteiger partial charge in [-0.2, -0.15) is 0 Å². The Morgan fingerprint density at radius 2 is 1.97 bits per heavy atom. The first-order valence-corrected chi connectivity index (χ1v) is 9.76. The zero-order valence-corrected chi connectivity index (χ0v) is 16.6. The SMILES string of the molecule is CC1=C(C(=O)O)C(c2cccc3ncc(Oc4ccccc4)cc23)C2=C(COC2=O)N1. The predicted octanol–water partition coefficient (Wildman–Crippen LogP) is 3.88. The Balaban J connectivity index is 1.69. The van der Waals surface area contributed by atoms with Gasteiger partial charge in [-0.05, 0) is 36.8 Å². The molecular weight excluding hydrogens is 396 g/mol. The molecule has 7 heteroatoms. The van der Waals surface area contributed by atoms with E-state index in [9.17, 15) is 14.7 Å². The number of para-hydroxylation sites is 1. The van der Waals surface area contributed by atoms with Crippen molar-refractivity contribution in [1.82, 2.24) is 10.3 Å². The number of nitrogens with zero attached hydrogens (tertiary/aromatic N) is 1. The average molecular weight is 414 g/mol. The van der Waals surface area contributed by atoms with E-state index in [-0.39, 0.29) is 12.2 Å². The minimum absolute atomic E-state index is 0.0975. The van der Waals surface area contributed by atoms with E-state index >= 15 is 0 Å². The van der Waals surface area contributed by atoms with Crippen molar-refractivity contribution in [1.29, 1.82) is 0 Å². The number of pyridine rings is 1. The van der Waals surface area contributed by atoms with Gasteiger partial charge in [0, 0.05) is 11.1 Å². The van der Waals surface area contributed by atoms with Crippen LogP contribution in [0.3, 0.4) is 0 Å². The summed E-state index contributed by atoms with van der Waals surface area (Å²) in [5.41, 5.74) is 2.85. The largest absolute Gasteiger partial charge is 0.478 e. The third-order valence-corrected chi connectivity index (χ3v) is 5.47. The van der Waals surface area contributed by atoms with Crippen LogP contribution in [0, 0.1) is 0 Å². The van der Waals surface area contributed by atoms with E-state index in [0.29, 0.717) is 44.9 Å². The minimum atomic E-state index is -1.09. The van der Waals surface area contributed by atoms with E-state index in [0.717, 1.165) is 0 Å². The highest BCUT2D eigenvalue weighted by atomic mass is 16.5. The number of carboxylic acid groups (broad SMARTS) is 1. The molecule has 3 aromatic rings. The normalized spacial score (nSPS) is 18.0. The highest BCUT2D eigenvalue weighted by Crippen LogP contribution is 2.43. The fraction of sp³-hybridized carbons (Fsp3) is 0.125. The lowest BCUT2D eigenvalue weighted by atomic mass is 9.79. The van der Waals surface area contributed by atoms with Gasteiger partial charge in [0.25, 0.3) is 0 Å². The number of ether oxygens (including phenoxy) is 2. The zero-order valence-electron chi connectivity index (χ0n) is 16.6. The molecule has 0 fully saturated rings. The quantitative estimate of drug-likeness (QED) is 0.625. The number of cyclic esters (lactones) is 1. The van der Waals surface area contributed by atoms with E-state index in [1.54, 1.807) is 19.2 Å². The van der Waals surface area contributed by atoms with Crippen LogP contribution in [0.25, 0.3) is 10.9 Å². The summed E-state index contributed by atoms with van der Waals surface area (Å²) in [7, 11) is 0. The number of carbonyl (C=O) groups excluding carboxylic acids is 1. The summed E-state index contributed by atoms with van der Waals surface area (Å²) in [6, 6.07) is 16.6. The minimum Gasteiger partial charge on any atom is -0.478 e. The maximum Gasteiger partial charge on any atom is 0.337 e. The van der Waals surface area contributed by atoms with Crippen molar-refractivity contribution in [2.75, 3.05) is 6.61 Å². The molecule has 2 aromatic carbocycles. The number of esters is 1. The molecular formula is C24H18N2O5. The van der Waals surface area contributed by atoms with Crippen molar-refractivity contribution in [3.63, 3.8) is 0 Å². The summed E-state index contributed by atoms with van der Waals surface area (Å²) < 4.78 is 11.1. The number of dihydropyridines is 1. The Bertz CT molecular complexity index is 1290. The first-order chi connectivity index (χ1) is 15.0. The van der Waals surface area contributed by atoms with Crippen LogP contribution < -0.4 is 10.1 Å². The molecule has 7 nitrogen and oxygen atoms in total. The Labute approximate surface area is 177 Å². The molecule has 0 aliphatic carbocycles. The summed E-state index contributed by atoms with van der Waals surface area (Å²) in [6.07, 6.45) is 1.62. The third-order valence-electron chi connectivity index (χ3n) is 5.47. The Kier molecular flexibility index (Phi) is 4.43. The molecule has 0 spiro atoms. The number of carboxylic acids is 1. The van der Waals surface area contributed by atoms with Gasteiger partial charge in [0.2, 0.25) is 0 Å². The molecule has 2 N–H and O–H groups in total. The van der Waals surface area contributed by atoms with Crippen molar-refractivity contribution < 1.29 is 24.2 Å². The van der Waals surface area contributed by atoms with E-state index in [1.165, 1.54) is 0 Å². The molecule has 154 valence electrons. The van der Waals surface area contributed by atoms with E-state index < -0.39 is 17.9 Å². The van der Waals surface area contributed by atoms with Crippen molar-refractivity contribution in [3.05, 3.63) is 88.9 Å². The second-order valence-electron chi connectivity index (χ2n) is 7.37. The van der Waals surface area contributed by atoms with Gasteiger partial charge in [-0.3, -0.25) is 4.98 Å². The Morgan fingerprint density at radius 1 is 1.16 bits per heavy atom. The number of fused-ring (bicyclic) bond motifs is 1. The van der Waals surface area contributed by atoms with Crippen LogP contribution in [0.4, 0.5) is 0 Å². The Hall–Kier alpha value is -4.13. The highest BCUT2D eigenvalue weighted by molar-refractivity contribution is 6.02. The summed E-state index contributed by atoms with van der Waals surface area (Å²) in [6.45, 7) is 1.79. The molecule has 5 rings (SSSR count). The van der Waals surface area contributed by atoms with Crippen molar-refractivity contribution in [3.8, 4) is 11.5 Å². The number of hydrogen-bond acceptors (Lipinski definition) is 6. The van der Waals surface area contributed by atoms with Gasteiger partial charge < -0.3 is 19.9 Å². The van der Waals surface area contributed by atoms with Crippen LogP contribution in [0.1, 0.15) is 18.4 Å². The molecule has 0 radical (unpaired) electrons. The molecule has 2 aliphatic heterocycles. The molecule has 2 aliphatic rings. The lowest BCUT2D eigenvalue weighted by Crippen LogP contribution is -2.29. The van der Waals surface area contributed by atoms with Gasteiger partial charge in [-0.1, -0.05) is 30.3 Å².